The predicted octanol–water partition coefficient (Wildman–Crippen LogP) is 0.563. The number of hydrogen-bond donors (Lipinski definition) is 2. The van der Waals surface area contributed by atoms with Crippen LogP contribution in [0, 0.1) is 13.8 Å². The van der Waals surface area contributed by atoms with Crippen molar-refractivity contribution in [3.8, 4) is 0 Å². The van der Waals surface area contributed by atoms with Gasteiger partial charge in [0, 0.05) is 30.8 Å². The number of nitrogens with one attached hydrogen (secondary N) is 1. The molecule has 23 heavy (non-hydrogen) atoms. The monoisotopic (exact) mass is 319 g/mol. The van der Waals surface area contributed by atoms with Crippen molar-refractivity contribution in [1.29, 1.82) is 0 Å². The number of aliphatic hydroxyl groups is 1. The Hall–Kier alpha value is -2.41. The van der Waals surface area contributed by atoms with Crippen molar-refractivity contribution in [2.45, 2.75) is 39.3 Å². The minimum absolute atomic E-state index is 0.0990. The largest absolute Gasteiger partial charge is 0.389 e. The van der Waals surface area contributed by atoms with E-state index in [1.54, 1.807) is 18.3 Å². The lowest BCUT2D eigenvalue weighted by atomic mass is 10.1. The predicted molar refractivity (Wildman–Crippen MR) is 84.0 cm³/mol. The van der Waals surface area contributed by atoms with Crippen LogP contribution in [0.15, 0.2) is 33.7 Å². The third kappa shape index (κ3) is 4.79. The van der Waals surface area contributed by atoms with E-state index >= 15 is 0 Å². The van der Waals surface area contributed by atoms with Crippen molar-refractivity contribution >= 4 is 5.91 Å². The van der Waals surface area contributed by atoms with E-state index in [2.05, 4.69) is 10.5 Å². The molecule has 0 spiro atoms. The first-order valence-electron chi connectivity index (χ1n) is 7.49. The number of pyridine rings is 1. The van der Waals surface area contributed by atoms with E-state index in [0.29, 0.717) is 12.8 Å². The van der Waals surface area contributed by atoms with Gasteiger partial charge in [-0.25, -0.2) is 0 Å². The van der Waals surface area contributed by atoms with Crippen molar-refractivity contribution in [2.24, 2.45) is 0 Å². The lowest BCUT2D eigenvalue weighted by Gasteiger charge is -2.13. The summed E-state index contributed by atoms with van der Waals surface area (Å²) in [5.74, 6) is 0.559. The number of hydrogen-bond acceptors (Lipinski definition) is 5. The molecule has 0 saturated carbocycles. The summed E-state index contributed by atoms with van der Waals surface area (Å²) in [5.41, 5.74) is 1.55. The van der Waals surface area contributed by atoms with Crippen molar-refractivity contribution in [3.63, 3.8) is 0 Å². The van der Waals surface area contributed by atoms with Gasteiger partial charge in [0.25, 0.3) is 5.56 Å². The van der Waals surface area contributed by atoms with Gasteiger partial charge in [-0.1, -0.05) is 11.2 Å². The van der Waals surface area contributed by atoms with E-state index < -0.39 is 6.10 Å². The molecular weight excluding hydrogens is 298 g/mol. The van der Waals surface area contributed by atoms with E-state index in [0.717, 1.165) is 17.0 Å². The Kier molecular flexibility index (Phi) is 5.70. The summed E-state index contributed by atoms with van der Waals surface area (Å²) in [6.07, 6.45) is 1.62. The van der Waals surface area contributed by atoms with Gasteiger partial charge >= 0.3 is 0 Å². The lowest BCUT2D eigenvalue weighted by molar-refractivity contribution is -0.121. The summed E-state index contributed by atoms with van der Waals surface area (Å²) in [6.45, 7) is 3.89. The Morgan fingerprint density at radius 3 is 2.87 bits per heavy atom. The summed E-state index contributed by atoms with van der Waals surface area (Å²) in [4.78, 5) is 23.4. The van der Waals surface area contributed by atoms with Gasteiger partial charge < -0.3 is 19.5 Å². The molecule has 0 radical (unpaired) electrons. The molecule has 0 fully saturated rings. The highest BCUT2D eigenvalue weighted by atomic mass is 16.5. The normalized spacial score (nSPS) is 12.1. The van der Waals surface area contributed by atoms with Crippen LogP contribution in [0.5, 0.6) is 0 Å². The Morgan fingerprint density at radius 1 is 1.43 bits per heavy atom. The third-order valence-corrected chi connectivity index (χ3v) is 3.62. The molecule has 7 nitrogen and oxygen atoms in total. The van der Waals surface area contributed by atoms with Crippen LogP contribution in [-0.4, -0.2) is 33.4 Å². The summed E-state index contributed by atoms with van der Waals surface area (Å²) < 4.78 is 6.45. The zero-order valence-corrected chi connectivity index (χ0v) is 13.3. The Labute approximate surface area is 133 Å². The van der Waals surface area contributed by atoms with Gasteiger partial charge in [-0.2, -0.15) is 0 Å². The van der Waals surface area contributed by atoms with Crippen molar-refractivity contribution in [2.75, 3.05) is 6.54 Å². The molecule has 2 N–H and O–H groups in total. The van der Waals surface area contributed by atoms with Crippen molar-refractivity contribution in [1.82, 2.24) is 15.0 Å². The number of amides is 1. The van der Waals surface area contributed by atoms with Gasteiger partial charge in [0.1, 0.15) is 5.76 Å². The molecule has 1 unspecified atom stereocenters. The first-order valence-corrected chi connectivity index (χ1v) is 7.49. The fourth-order valence-electron chi connectivity index (χ4n) is 2.32. The zero-order chi connectivity index (χ0) is 16.8. The maximum atomic E-state index is 11.8. The van der Waals surface area contributed by atoms with Crippen molar-refractivity contribution < 1.29 is 14.4 Å². The van der Waals surface area contributed by atoms with E-state index in [-0.39, 0.29) is 24.6 Å². The summed E-state index contributed by atoms with van der Waals surface area (Å²) in [7, 11) is 0. The third-order valence-electron chi connectivity index (χ3n) is 3.62. The number of rotatable bonds is 7. The van der Waals surface area contributed by atoms with E-state index in [9.17, 15) is 14.7 Å². The maximum absolute atomic E-state index is 11.8. The van der Waals surface area contributed by atoms with Gasteiger partial charge in [-0.15, -0.1) is 0 Å². The Morgan fingerprint density at radius 2 is 2.22 bits per heavy atom. The molecule has 0 aliphatic rings. The van der Waals surface area contributed by atoms with Gasteiger partial charge in [0.15, 0.2) is 0 Å². The number of aliphatic hydroxyl groups excluding tert-OH is 1. The van der Waals surface area contributed by atoms with Crippen LogP contribution < -0.4 is 10.9 Å². The smallest absolute Gasteiger partial charge is 0.250 e. The molecule has 0 aliphatic heterocycles. The van der Waals surface area contributed by atoms with E-state index in [1.807, 2.05) is 13.8 Å². The summed E-state index contributed by atoms with van der Waals surface area (Å²) >= 11 is 0. The van der Waals surface area contributed by atoms with Gasteiger partial charge in [0.2, 0.25) is 5.91 Å². The van der Waals surface area contributed by atoms with Crippen LogP contribution in [-0.2, 0) is 17.8 Å². The molecule has 124 valence electrons. The first-order chi connectivity index (χ1) is 11.0. The highest BCUT2D eigenvalue weighted by Crippen LogP contribution is 2.14. The number of carbonyl (C=O) groups is 1. The quantitative estimate of drug-likeness (QED) is 0.777. The van der Waals surface area contributed by atoms with Crippen LogP contribution >= 0.6 is 0 Å². The Bertz CT molecular complexity index is 701. The highest BCUT2D eigenvalue weighted by molar-refractivity contribution is 5.76. The van der Waals surface area contributed by atoms with Gasteiger partial charge in [0.05, 0.1) is 18.3 Å². The van der Waals surface area contributed by atoms with Crippen LogP contribution in [0.25, 0.3) is 0 Å². The summed E-state index contributed by atoms with van der Waals surface area (Å²) in [6, 6.07) is 4.78. The molecule has 2 rings (SSSR count). The fourth-order valence-corrected chi connectivity index (χ4v) is 2.32. The second kappa shape index (κ2) is 7.73. The SMILES string of the molecule is Cc1noc(C)c1CCC(=O)NCC(O)Cn1ccccc1=O. The van der Waals surface area contributed by atoms with Crippen LogP contribution in [0.2, 0.25) is 0 Å². The van der Waals surface area contributed by atoms with Crippen LogP contribution in [0.4, 0.5) is 0 Å². The minimum atomic E-state index is -0.821. The van der Waals surface area contributed by atoms with Gasteiger partial charge in [-0.3, -0.25) is 9.59 Å². The Balaban J connectivity index is 1.76. The van der Waals surface area contributed by atoms with Crippen LogP contribution in [0.1, 0.15) is 23.4 Å². The number of nitrogens with zero attached hydrogens (tertiary/aromatic N) is 2. The topological polar surface area (TPSA) is 97.4 Å². The molecular formula is C16H21N3O4. The molecule has 2 aromatic heterocycles. The second-order valence-corrected chi connectivity index (χ2v) is 5.45. The summed E-state index contributed by atoms with van der Waals surface area (Å²) in [5, 5.41) is 16.4. The molecule has 2 aromatic rings. The van der Waals surface area contributed by atoms with Crippen molar-refractivity contribution in [3.05, 3.63) is 51.8 Å². The standard InChI is InChI=1S/C16H21N3O4/c1-11-14(12(2)23-18-11)6-7-15(21)17-9-13(20)10-19-8-4-3-5-16(19)22/h3-5,8,13,20H,6-7,9-10H2,1-2H3,(H,17,21). The molecule has 0 bridgehead atoms. The van der Waals surface area contributed by atoms with Gasteiger partial charge in [-0.05, 0) is 26.3 Å². The molecule has 0 saturated heterocycles. The number of aryl methyl sites for hydroxylation is 2. The molecule has 2 heterocycles. The zero-order valence-electron chi connectivity index (χ0n) is 13.3. The first kappa shape index (κ1) is 17.0. The molecule has 0 aromatic carbocycles. The lowest BCUT2D eigenvalue weighted by Crippen LogP contribution is -2.36. The number of aromatic nitrogens is 2. The fraction of sp³-hybridized carbons (Fsp3) is 0.438. The van der Waals surface area contributed by atoms with E-state index in [1.165, 1.54) is 10.6 Å². The average molecular weight is 319 g/mol. The molecule has 0 aliphatic carbocycles. The van der Waals surface area contributed by atoms with Crippen LogP contribution in [0.3, 0.4) is 0 Å². The molecule has 7 heteroatoms. The highest BCUT2D eigenvalue weighted by Gasteiger charge is 2.12. The molecule has 1 atom stereocenters. The molecule has 1 amide bonds. The average Bonchev–Trinajstić information content (AvgIpc) is 2.84. The van der Waals surface area contributed by atoms with E-state index in [4.69, 9.17) is 4.52 Å². The number of carbonyl (C=O) groups excluding carboxylic acids is 1. The maximum Gasteiger partial charge on any atom is 0.250 e. The second-order valence-electron chi connectivity index (χ2n) is 5.45. The minimum Gasteiger partial charge on any atom is -0.389 e.